The number of fused-ring (bicyclic) bond motifs is 1. The van der Waals surface area contributed by atoms with Crippen LogP contribution >= 0.6 is 0 Å². The van der Waals surface area contributed by atoms with Crippen LogP contribution in [0.1, 0.15) is 20.7 Å². The van der Waals surface area contributed by atoms with Gasteiger partial charge in [0.05, 0.1) is 11.1 Å². The van der Waals surface area contributed by atoms with Crippen molar-refractivity contribution in [2.45, 2.75) is 0 Å². The average Bonchev–Trinajstić information content (AvgIpc) is 2.41. The van der Waals surface area contributed by atoms with Gasteiger partial charge >= 0.3 is 51.4 Å². The summed E-state index contributed by atoms with van der Waals surface area (Å²) < 4.78 is 0. The first-order chi connectivity index (χ1) is 6.25. The van der Waals surface area contributed by atoms with Gasteiger partial charge in [-0.3, -0.25) is 9.59 Å². The number of rotatable bonds is 1. The summed E-state index contributed by atoms with van der Waals surface area (Å²) in [6.07, 6.45) is 1.24. The van der Waals surface area contributed by atoms with Crippen LogP contribution in [0.3, 0.4) is 0 Å². The van der Waals surface area contributed by atoms with E-state index in [0.717, 1.165) is 4.90 Å². The molecule has 0 fully saturated rings. The van der Waals surface area contributed by atoms with E-state index in [1.807, 2.05) is 0 Å². The van der Waals surface area contributed by atoms with Crippen LogP contribution in [0.5, 0.6) is 0 Å². The fraction of sp³-hybridized carbons (Fsp3) is 0. The Morgan fingerprint density at radius 1 is 1.07 bits per heavy atom. The first-order valence-electron chi connectivity index (χ1n) is 3.85. The second kappa shape index (κ2) is 4.50. The van der Waals surface area contributed by atoms with E-state index in [1.165, 1.54) is 6.20 Å². The van der Waals surface area contributed by atoms with E-state index in [4.69, 9.17) is 0 Å². The Morgan fingerprint density at radius 2 is 1.50 bits per heavy atom. The molecule has 0 saturated heterocycles. The number of imide groups is 1. The van der Waals surface area contributed by atoms with Gasteiger partial charge in [-0.1, -0.05) is 18.7 Å². The van der Waals surface area contributed by atoms with Gasteiger partial charge in [-0.25, -0.2) is 4.90 Å². The van der Waals surface area contributed by atoms with E-state index in [9.17, 15) is 9.59 Å². The van der Waals surface area contributed by atoms with Crippen molar-refractivity contribution in [1.82, 2.24) is 4.90 Å². The normalized spacial score (nSPS) is 13.6. The van der Waals surface area contributed by atoms with Gasteiger partial charge in [-0.05, 0) is 12.1 Å². The van der Waals surface area contributed by atoms with Gasteiger partial charge < -0.3 is 0 Å². The number of benzene rings is 1. The molecule has 66 valence electrons. The van der Waals surface area contributed by atoms with Gasteiger partial charge in [-0.15, -0.1) is 0 Å². The zero-order chi connectivity index (χ0) is 9.42. The number of hydrogen-bond acceptors (Lipinski definition) is 2. The molecule has 0 aromatic heterocycles. The molecule has 1 aliphatic heterocycles. The third-order valence-corrected chi connectivity index (χ3v) is 2.01. The minimum absolute atomic E-state index is 0. The summed E-state index contributed by atoms with van der Waals surface area (Å²) in [6, 6.07) is 6.74. The van der Waals surface area contributed by atoms with E-state index in [2.05, 4.69) is 6.58 Å². The summed E-state index contributed by atoms with van der Waals surface area (Å²) in [7, 11) is 0. The Balaban J connectivity index is 0.000000980. The molecule has 0 radical (unpaired) electrons. The summed E-state index contributed by atoms with van der Waals surface area (Å²) in [5.41, 5.74) is 0.903. The Labute approximate surface area is 124 Å². The van der Waals surface area contributed by atoms with E-state index in [-0.39, 0.29) is 63.2 Å². The van der Waals surface area contributed by atoms with Crippen LogP contribution in [0, 0.1) is 0 Å². The van der Waals surface area contributed by atoms with E-state index in [1.54, 1.807) is 24.3 Å². The molecule has 1 aromatic rings. The first-order valence-corrected chi connectivity index (χ1v) is 3.85. The van der Waals surface area contributed by atoms with Crippen molar-refractivity contribution < 1.29 is 9.59 Å². The van der Waals surface area contributed by atoms with Gasteiger partial charge in [0.15, 0.2) is 0 Å². The molecule has 0 atom stereocenters. The number of carbonyl (C=O) groups is 2. The number of carbonyl (C=O) groups excluding carboxylic acids is 2. The Kier molecular flexibility index (Phi) is 3.80. The van der Waals surface area contributed by atoms with Crippen LogP contribution in [0.25, 0.3) is 0 Å². The zero-order valence-electron chi connectivity index (χ0n) is 6.86. The standard InChI is InChI=1S/C10H7NO2.K.H/c1-2-11-9(12)7-5-3-4-6-8(7)10(11)13;;/h2-6H,1H2;;. The van der Waals surface area contributed by atoms with Crippen molar-refractivity contribution in [2.24, 2.45) is 0 Å². The number of amides is 2. The SMILES string of the molecule is C=CN1C(=O)c2ccccc2C1=O.[KH]. The van der Waals surface area contributed by atoms with E-state index >= 15 is 0 Å². The summed E-state index contributed by atoms with van der Waals surface area (Å²) in [5, 5.41) is 0. The molecule has 0 spiro atoms. The predicted octanol–water partition coefficient (Wildman–Crippen LogP) is 0.778. The molecule has 14 heavy (non-hydrogen) atoms. The van der Waals surface area contributed by atoms with Crippen LogP contribution in [-0.2, 0) is 0 Å². The molecule has 1 aliphatic rings. The van der Waals surface area contributed by atoms with Gasteiger partial charge in [0.25, 0.3) is 11.8 Å². The molecular weight excluding hydrogens is 205 g/mol. The number of nitrogens with zero attached hydrogens (tertiary/aromatic N) is 1. The molecular formula is C10H8KNO2. The van der Waals surface area contributed by atoms with Crippen molar-refractivity contribution in [1.29, 1.82) is 0 Å². The van der Waals surface area contributed by atoms with Crippen LogP contribution in [-0.4, -0.2) is 68.1 Å². The Bertz CT molecular complexity index is 379. The van der Waals surface area contributed by atoms with Crippen molar-refractivity contribution in [2.75, 3.05) is 0 Å². The van der Waals surface area contributed by atoms with Crippen molar-refractivity contribution in [3.63, 3.8) is 0 Å². The van der Waals surface area contributed by atoms with Crippen molar-refractivity contribution in [3.05, 3.63) is 48.2 Å². The molecule has 0 aliphatic carbocycles. The molecule has 1 heterocycles. The minimum atomic E-state index is -0.296. The topological polar surface area (TPSA) is 37.4 Å². The molecule has 4 heteroatoms. The summed E-state index contributed by atoms with van der Waals surface area (Å²) >= 11 is 0. The predicted molar refractivity (Wildman–Crippen MR) is 54.3 cm³/mol. The molecule has 1 aromatic carbocycles. The molecule has 2 amide bonds. The van der Waals surface area contributed by atoms with Crippen LogP contribution < -0.4 is 0 Å². The summed E-state index contributed by atoms with van der Waals surface area (Å²) in [4.78, 5) is 24.0. The maximum atomic E-state index is 11.5. The second-order valence-corrected chi connectivity index (χ2v) is 2.71. The van der Waals surface area contributed by atoms with Gasteiger partial charge in [0, 0.05) is 6.20 Å². The number of hydrogen-bond donors (Lipinski definition) is 0. The zero-order valence-corrected chi connectivity index (χ0v) is 6.86. The van der Waals surface area contributed by atoms with Crippen LogP contribution in [0.2, 0.25) is 0 Å². The van der Waals surface area contributed by atoms with Gasteiger partial charge in [0.2, 0.25) is 0 Å². The average molecular weight is 213 g/mol. The third-order valence-electron chi connectivity index (χ3n) is 2.01. The first kappa shape index (κ1) is 11.8. The molecule has 0 unspecified atom stereocenters. The molecule has 2 rings (SSSR count). The van der Waals surface area contributed by atoms with Crippen LogP contribution in [0.4, 0.5) is 0 Å². The summed E-state index contributed by atoms with van der Waals surface area (Å²) in [5.74, 6) is -0.591. The quantitative estimate of drug-likeness (QED) is 0.510. The fourth-order valence-corrected chi connectivity index (χ4v) is 1.37. The third kappa shape index (κ3) is 1.64. The van der Waals surface area contributed by atoms with Gasteiger partial charge in [-0.2, -0.15) is 0 Å². The summed E-state index contributed by atoms with van der Waals surface area (Å²) in [6.45, 7) is 3.41. The van der Waals surface area contributed by atoms with Gasteiger partial charge in [0.1, 0.15) is 0 Å². The van der Waals surface area contributed by atoms with Crippen molar-refractivity contribution in [3.8, 4) is 0 Å². The molecule has 3 nitrogen and oxygen atoms in total. The second-order valence-electron chi connectivity index (χ2n) is 2.71. The van der Waals surface area contributed by atoms with E-state index in [0.29, 0.717) is 11.1 Å². The van der Waals surface area contributed by atoms with E-state index < -0.39 is 0 Å². The molecule has 0 bridgehead atoms. The molecule has 0 saturated carbocycles. The van der Waals surface area contributed by atoms with Crippen molar-refractivity contribution >= 4 is 63.2 Å². The fourth-order valence-electron chi connectivity index (χ4n) is 1.37. The van der Waals surface area contributed by atoms with Crippen LogP contribution in [0.15, 0.2) is 37.0 Å². The Morgan fingerprint density at radius 3 is 1.86 bits per heavy atom. The Hall–Kier alpha value is -0.264. The molecule has 0 N–H and O–H groups in total. The maximum absolute atomic E-state index is 11.5. The monoisotopic (exact) mass is 213 g/mol.